The van der Waals surface area contributed by atoms with E-state index in [0.717, 1.165) is 36.5 Å². The molecule has 1 aromatic rings. The molecule has 1 atom stereocenters. The lowest BCUT2D eigenvalue weighted by Crippen LogP contribution is -2.38. The molecule has 1 unspecified atom stereocenters. The molecular formula is C16H26BrN3O. The van der Waals surface area contributed by atoms with Gasteiger partial charge in [0, 0.05) is 49.0 Å². The summed E-state index contributed by atoms with van der Waals surface area (Å²) in [4.78, 5) is 7.09. The van der Waals surface area contributed by atoms with Crippen LogP contribution in [0.3, 0.4) is 0 Å². The predicted molar refractivity (Wildman–Crippen MR) is 90.7 cm³/mol. The number of methoxy groups -OCH3 is 1. The van der Waals surface area contributed by atoms with Crippen LogP contribution in [0.5, 0.6) is 0 Å². The Morgan fingerprint density at radius 2 is 2.33 bits per heavy atom. The molecule has 118 valence electrons. The van der Waals surface area contributed by atoms with E-state index in [4.69, 9.17) is 4.74 Å². The zero-order valence-electron chi connectivity index (χ0n) is 13.2. The predicted octanol–water partition coefficient (Wildman–Crippen LogP) is 3.20. The van der Waals surface area contributed by atoms with Gasteiger partial charge >= 0.3 is 0 Å². The number of pyridine rings is 1. The van der Waals surface area contributed by atoms with Gasteiger partial charge in [0.25, 0.3) is 0 Å². The first-order valence-corrected chi connectivity index (χ1v) is 8.51. The fraction of sp³-hybridized carbons (Fsp3) is 0.688. The Bertz CT molecular complexity index is 451. The highest BCUT2D eigenvalue weighted by atomic mass is 79.9. The molecule has 1 aliphatic rings. The van der Waals surface area contributed by atoms with Crippen LogP contribution < -0.4 is 10.2 Å². The number of rotatable bonds is 6. The maximum Gasteiger partial charge on any atom is 0.133 e. The third-order valence-electron chi connectivity index (χ3n) is 3.83. The summed E-state index contributed by atoms with van der Waals surface area (Å²) in [6, 6.07) is 2.65. The number of nitrogens with one attached hydrogen (secondary N) is 1. The first-order chi connectivity index (χ1) is 10.1. The normalized spacial score (nSPS) is 19.3. The highest BCUT2D eigenvalue weighted by molar-refractivity contribution is 9.10. The van der Waals surface area contributed by atoms with Crippen LogP contribution >= 0.6 is 15.9 Å². The molecule has 4 nitrogen and oxygen atoms in total. The van der Waals surface area contributed by atoms with Crippen molar-refractivity contribution in [2.24, 2.45) is 5.92 Å². The topological polar surface area (TPSA) is 37.4 Å². The molecule has 0 spiro atoms. The Morgan fingerprint density at radius 1 is 1.52 bits per heavy atom. The van der Waals surface area contributed by atoms with Crippen LogP contribution in [-0.2, 0) is 11.3 Å². The van der Waals surface area contributed by atoms with Crippen LogP contribution in [0.1, 0.15) is 32.3 Å². The van der Waals surface area contributed by atoms with Gasteiger partial charge in [0.05, 0.1) is 6.61 Å². The zero-order chi connectivity index (χ0) is 15.2. The molecule has 0 saturated carbocycles. The first-order valence-electron chi connectivity index (χ1n) is 7.72. The lowest BCUT2D eigenvalue weighted by atomic mass is 9.98. The molecule has 1 aliphatic heterocycles. The molecule has 2 heterocycles. The van der Waals surface area contributed by atoms with E-state index in [2.05, 4.69) is 51.0 Å². The Morgan fingerprint density at radius 3 is 3.05 bits per heavy atom. The van der Waals surface area contributed by atoms with Crippen molar-refractivity contribution in [2.75, 3.05) is 31.7 Å². The highest BCUT2D eigenvalue weighted by Crippen LogP contribution is 2.26. The van der Waals surface area contributed by atoms with Gasteiger partial charge in [-0.3, -0.25) is 0 Å². The smallest absolute Gasteiger partial charge is 0.133 e. The molecule has 0 amide bonds. The minimum Gasteiger partial charge on any atom is -0.384 e. The third-order valence-corrected chi connectivity index (χ3v) is 4.26. The summed E-state index contributed by atoms with van der Waals surface area (Å²) in [5, 5.41) is 3.49. The molecule has 1 N–H and O–H groups in total. The maximum absolute atomic E-state index is 5.33. The van der Waals surface area contributed by atoms with Crippen molar-refractivity contribution in [1.29, 1.82) is 0 Å². The zero-order valence-corrected chi connectivity index (χ0v) is 14.8. The summed E-state index contributed by atoms with van der Waals surface area (Å²) >= 11 is 3.54. The molecule has 5 heteroatoms. The van der Waals surface area contributed by atoms with Crippen molar-refractivity contribution in [1.82, 2.24) is 10.3 Å². The van der Waals surface area contributed by atoms with Crippen molar-refractivity contribution in [3.63, 3.8) is 0 Å². The van der Waals surface area contributed by atoms with E-state index in [-0.39, 0.29) is 0 Å². The lowest BCUT2D eigenvalue weighted by molar-refractivity contribution is 0.143. The highest BCUT2D eigenvalue weighted by Gasteiger charge is 2.22. The first kappa shape index (κ1) is 16.7. The maximum atomic E-state index is 5.33. The van der Waals surface area contributed by atoms with E-state index in [0.29, 0.717) is 12.0 Å². The summed E-state index contributed by atoms with van der Waals surface area (Å²) in [7, 11) is 1.79. The number of hydrogen-bond donors (Lipinski definition) is 1. The summed E-state index contributed by atoms with van der Waals surface area (Å²) < 4.78 is 6.37. The van der Waals surface area contributed by atoms with Crippen LogP contribution in [0.25, 0.3) is 0 Å². The number of ether oxygens (including phenoxy) is 1. The Balaban J connectivity index is 2.13. The molecule has 1 aromatic heterocycles. The van der Waals surface area contributed by atoms with Crippen molar-refractivity contribution < 1.29 is 4.74 Å². The van der Waals surface area contributed by atoms with E-state index in [1.807, 2.05) is 6.20 Å². The van der Waals surface area contributed by atoms with Gasteiger partial charge in [0.15, 0.2) is 0 Å². The van der Waals surface area contributed by atoms with Gasteiger partial charge in [-0.25, -0.2) is 4.98 Å². The number of anilines is 1. The Hall–Kier alpha value is -0.650. The molecule has 1 saturated heterocycles. The summed E-state index contributed by atoms with van der Waals surface area (Å²) in [6.45, 7) is 8.15. The van der Waals surface area contributed by atoms with Gasteiger partial charge in [-0.05, 0) is 40.8 Å². The summed E-state index contributed by atoms with van der Waals surface area (Å²) in [5.41, 5.74) is 1.26. The number of aromatic nitrogens is 1. The van der Waals surface area contributed by atoms with Crippen LogP contribution in [0.15, 0.2) is 16.7 Å². The van der Waals surface area contributed by atoms with Gasteiger partial charge in [0.2, 0.25) is 0 Å². The molecule has 0 radical (unpaired) electrons. The molecule has 1 fully saturated rings. The van der Waals surface area contributed by atoms with Crippen LogP contribution in [0, 0.1) is 5.92 Å². The van der Waals surface area contributed by atoms with Gasteiger partial charge in [0.1, 0.15) is 5.82 Å². The Labute approximate surface area is 136 Å². The van der Waals surface area contributed by atoms with E-state index in [9.17, 15) is 0 Å². The van der Waals surface area contributed by atoms with E-state index < -0.39 is 0 Å². The molecule has 2 rings (SSSR count). The fourth-order valence-corrected chi connectivity index (χ4v) is 3.21. The molecular weight excluding hydrogens is 330 g/mol. The van der Waals surface area contributed by atoms with Crippen LogP contribution in [0.2, 0.25) is 0 Å². The summed E-state index contributed by atoms with van der Waals surface area (Å²) in [6.07, 6.45) is 4.36. The molecule has 0 aromatic carbocycles. The van der Waals surface area contributed by atoms with Gasteiger partial charge in [-0.1, -0.05) is 13.8 Å². The SMILES string of the molecule is COCC1CCCN(c2ncc(Br)cc2CNC(C)C)C1. The summed E-state index contributed by atoms with van der Waals surface area (Å²) in [5.74, 6) is 1.73. The standard InChI is InChI=1S/C16H26BrN3O/c1-12(2)18-8-14-7-15(17)9-19-16(14)20-6-4-5-13(10-20)11-21-3/h7,9,12-13,18H,4-6,8,10-11H2,1-3H3. The second-order valence-corrected chi connectivity index (χ2v) is 7.00. The molecule has 0 aliphatic carbocycles. The quantitative estimate of drug-likeness (QED) is 0.849. The van der Waals surface area contributed by atoms with Crippen molar-refractivity contribution in [2.45, 2.75) is 39.3 Å². The monoisotopic (exact) mass is 355 g/mol. The second-order valence-electron chi connectivity index (χ2n) is 6.08. The second kappa shape index (κ2) is 8.11. The van der Waals surface area contributed by atoms with Crippen LogP contribution in [0.4, 0.5) is 5.82 Å². The molecule has 21 heavy (non-hydrogen) atoms. The van der Waals surface area contributed by atoms with Crippen LogP contribution in [-0.4, -0.2) is 37.8 Å². The minimum atomic E-state index is 0.472. The number of halogens is 1. The van der Waals surface area contributed by atoms with E-state index in [1.54, 1.807) is 7.11 Å². The van der Waals surface area contributed by atoms with Crippen molar-refractivity contribution >= 4 is 21.7 Å². The van der Waals surface area contributed by atoms with Crippen molar-refractivity contribution in [3.05, 3.63) is 22.3 Å². The number of piperidine rings is 1. The van der Waals surface area contributed by atoms with E-state index >= 15 is 0 Å². The van der Waals surface area contributed by atoms with Gasteiger partial charge in [-0.2, -0.15) is 0 Å². The van der Waals surface area contributed by atoms with Crippen molar-refractivity contribution in [3.8, 4) is 0 Å². The number of nitrogens with zero attached hydrogens (tertiary/aromatic N) is 2. The largest absolute Gasteiger partial charge is 0.384 e. The number of hydrogen-bond acceptors (Lipinski definition) is 4. The van der Waals surface area contributed by atoms with E-state index in [1.165, 1.54) is 18.4 Å². The Kier molecular flexibility index (Phi) is 6.45. The van der Waals surface area contributed by atoms with Gasteiger partial charge < -0.3 is 15.0 Å². The minimum absolute atomic E-state index is 0.472. The molecule has 0 bridgehead atoms. The third kappa shape index (κ3) is 4.94. The van der Waals surface area contributed by atoms with Gasteiger partial charge in [-0.15, -0.1) is 0 Å². The fourth-order valence-electron chi connectivity index (χ4n) is 2.83. The lowest BCUT2D eigenvalue weighted by Gasteiger charge is -2.34. The average Bonchev–Trinajstić information content (AvgIpc) is 2.46. The average molecular weight is 356 g/mol.